The summed E-state index contributed by atoms with van der Waals surface area (Å²) < 4.78 is 5.32. The van der Waals surface area contributed by atoms with Crippen LogP contribution in [0.1, 0.15) is 12.8 Å². The van der Waals surface area contributed by atoms with Gasteiger partial charge in [0, 0.05) is 33.0 Å². The van der Waals surface area contributed by atoms with Crippen LogP contribution in [0.15, 0.2) is 24.4 Å². The Morgan fingerprint density at radius 3 is 2.78 bits per heavy atom. The average Bonchev–Trinajstić information content (AvgIpc) is 2.47. The number of amides is 1. The molecule has 2 N–H and O–H groups in total. The fourth-order valence-electron chi connectivity index (χ4n) is 2.28. The number of anilines is 1. The number of nitrogens with zero attached hydrogens (tertiary/aromatic N) is 2. The van der Waals surface area contributed by atoms with Gasteiger partial charge < -0.3 is 10.5 Å². The van der Waals surface area contributed by atoms with E-state index in [4.69, 9.17) is 10.5 Å². The van der Waals surface area contributed by atoms with E-state index >= 15 is 0 Å². The van der Waals surface area contributed by atoms with Crippen molar-refractivity contribution in [3.05, 3.63) is 24.4 Å². The number of hydrogen-bond acceptors (Lipinski definition) is 4. The molecule has 1 aromatic rings. The lowest BCUT2D eigenvalue weighted by molar-refractivity contribution is -0.132. The molecule has 0 atom stereocenters. The van der Waals surface area contributed by atoms with Gasteiger partial charge in [0.1, 0.15) is 5.82 Å². The molecule has 0 spiro atoms. The van der Waals surface area contributed by atoms with Crippen molar-refractivity contribution in [1.82, 2.24) is 4.98 Å². The number of aromatic nitrogens is 1. The number of carbonyl (C=O) groups is 1. The molecular weight excluding hydrogens is 230 g/mol. The van der Waals surface area contributed by atoms with E-state index in [1.165, 1.54) is 0 Å². The largest absolute Gasteiger partial charge is 0.381 e. The van der Waals surface area contributed by atoms with Crippen LogP contribution >= 0.6 is 0 Å². The van der Waals surface area contributed by atoms with Crippen molar-refractivity contribution in [3.8, 4) is 0 Å². The topological polar surface area (TPSA) is 68.5 Å². The van der Waals surface area contributed by atoms with Crippen molar-refractivity contribution in [2.24, 2.45) is 11.1 Å². The maximum Gasteiger partial charge on any atom is 0.235 e. The van der Waals surface area contributed by atoms with Gasteiger partial charge in [-0.3, -0.25) is 9.69 Å². The van der Waals surface area contributed by atoms with E-state index in [1.54, 1.807) is 18.1 Å². The number of nitrogens with two attached hydrogens (primary N) is 1. The van der Waals surface area contributed by atoms with Gasteiger partial charge in [0.05, 0.1) is 5.41 Å². The highest BCUT2D eigenvalue weighted by Crippen LogP contribution is 2.32. The van der Waals surface area contributed by atoms with Gasteiger partial charge in [0.25, 0.3) is 0 Å². The van der Waals surface area contributed by atoms with Gasteiger partial charge in [-0.05, 0) is 25.0 Å². The van der Waals surface area contributed by atoms with Gasteiger partial charge in [-0.25, -0.2) is 4.98 Å². The highest BCUT2D eigenvalue weighted by molar-refractivity contribution is 5.96. The molecule has 0 aliphatic carbocycles. The smallest absolute Gasteiger partial charge is 0.235 e. The van der Waals surface area contributed by atoms with Gasteiger partial charge in [-0.1, -0.05) is 6.07 Å². The van der Waals surface area contributed by atoms with Crippen molar-refractivity contribution in [2.75, 3.05) is 31.7 Å². The summed E-state index contributed by atoms with van der Waals surface area (Å²) in [6, 6.07) is 5.52. The van der Waals surface area contributed by atoms with Crippen molar-refractivity contribution >= 4 is 11.7 Å². The number of hydrogen-bond donors (Lipinski definition) is 1. The van der Waals surface area contributed by atoms with E-state index in [1.807, 2.05) is 18.2 Å². The van der Waals surface area contributed by atoms with Crippen molar-refractivity contribution in [3.63, 3.8) is 0 Å². The Balaban J connectivity index is 2.19. The van der Waals surface area contributed by atoms with Gasteiger partial charge in [-0.15, -0.1) is 0 Å². The Kier molecular flexibility index (Phi) is 3.93. The fraction of sp³-hybridized carbons (Fsp3) is 0.538. The summed E-state index contributed by atoms with van der Waals surface area (Å²) in [7, 11) is 1.75. The van der Waals surface area contributed by atoms with Crippen molar-refractivity contribution in [1.29, 1.82) is 0 Å². The Hall–Kier alpha value is -1.46. The van der Waals surface area contributed by atoms with Crippen LogP contribution in [0.5, 0.6) is 0 Å². The van der Waals surface area contributed by atoms with Gasteiger partial charge in [-0.2, -0.15) is 0 Å². The molecule has 1 amide bonds. The number of ether oxygens (including phenoxy) is 1. The molecule has 1 saturated heterocycles. The molecule has 1 fully saturated rings. The summed E-state index contributed by atoms with van der Waals surface area (Å²) in [4.78, 5) is 18.4. The molecule has 1 aliphatic rings. The second-order valence-electron chi connectivity index (χ2n) is 4.65. The zero-order valence-corrected chi connectivity index (χ0v) is 10.6. The van der Waals surface area contributed by atoms with E-state index in [-0.39, 0.29) is 5.91 Å². The van der Waals surface area contributed by atoms with E-state index in [0.29, 0.717) is 38.4 Å². The molecule has 0 bridgehead atoms. The Bertz CT molecular complexity index is 402. The van der Waals surface area contributed by atoms with Gasteiger partial charge in [0.2, 0.25) is 5.91 Å². The van der Waals surface area contributed by atoms with E-state index in [0.717, 1.165) is 0 Å². The summed E-state index contributed by atoms with van der Waals surface area (Å²) in [5.74, 6) is 0.689. The molecule has 18 heavy (non-hydrogen) atoms. The lowest BCUT2D eigenvalue weighted by Gasteiger charge is -2.37. The van der Waals surface area contributed by atoms with E-state index < -0.39 is 5.41 Å². The maximum atomic E-state index is 12.6. The minimum atomic E-state index is -0.496. The monoisotopic (exact) mass is 249 g/mol. The third kappa shape index (κ3) is 2.37. The van der Waals surface area contributed by atoms with Crippen LogP contribution in [0, 0.1) is 5.41 Å². The molecule has 0 saturated carbocycles. The molecule has 2 heterocycles. The minimum absolute atomic E-state index is 0.0343. The SMILES string of the molecule is CN(C(=O)C1(CN)CCOCC1)c1ccccn1. The number of carbonyl (C=O) groups excluding carboxylic acids is 1. The van der Waals surface area contributed by atoms with E-state index in [9.17, 15) is 4.79 Å². The van der Waals surface area contributed by atoms with Crippen LogP contribution in [0.4, 0.5) is 5.82 Å². The first-order valence-electron chi connectivity index (χ1n) is 6.17. The Morgan fingerprint density at radius 2 is 2.22 bits per heavy atom. The lowest BCUT2D eigenvalue weighted by Crippen LogP contribution is -2.50. The normalized spacial score (nSPS) is 18.3. The second-order valence-corrected chi connectivity index (χ2v) is 4.65. The standard InChI is InChI=1S/C13H19N3O2/c1-16(11-4-2-3-7-15-11)12(17)13(10-14)5-8-18-9-6-13/h2-4,7H,5-6,8-10,14H2,1H3. The highest BCUT2D eigenvalue weighted by atomic mass is 16.5. The van der Waals surface area contributed by atoms with Crippen LogP contribution in [0.2, 0.25) is 0 Å². The lowest BCUT2D eigenvalue weighted by atomic mass is 9.79. The highest BCUT2D eigenvalue weighted by Gasteiger charge is 2.41. The molecular formula is C13H19N3O2. The Morgan fingerprint density at radius 1 is 1.50 bits per heavy atom. The number of rotatable bonds is 3. The molecule has 0 unspecified atom stereocenters. The predicted molar refractivity (Wildman–Crippen MR) is 69.2 cm³/mol. The van der Waals surface area contributed by atoms with Crippen LogP contribution in [-0.4, -0.2) is 37.7 Å². The van der Waals surface area contributed by atoms with Crippen molar-refractivity contribution < 1.29 is 9.53 Å². The molecule has 0 radical (unpaired) electrons. The first-order chi connectivity index (χ1) is 8.69. The minimum Gasteiger partial charge on any atom is -0.381 e. The molecule has 5 nitrogen and oxygen atoms in total. The first-order valence-corrected chi connectivity index (χ1v) is 6.17. The Labute approximate surface area is 107 Å². The summed E-state index contributed by atoms with van der Waals surface area (Å²) >= 11 is 0. The summed E-state index contributed by atoms with van der Waals surface area (Å²) in [6.45, 7) is 1.55. The van der Waals surface area contributed by atoms with Crippen molar-refractivity contribution in [2.45, 2.75) is 12.8 Å². The third-order valence-corrected chi connectivity index (χ3v) is 3.59. The fourth-order valence-corrected chi connectivity index (χ4v) is 2.28. The molecule has 98 valence electrons. The van der Waals surface area contributed by atoms with E-state index in [2.05, 4.69) is 4.98 Å². The molecule has 1 aliphatic heterocycles. The molecule has 0 aromatic carbocycles. The van der Waals surface area contributed by atoms with Crippen LogP contribution in [-0.2, 0) is 9.53 Å². The predicted octanol–water partition coefficient (Wildman–Crippen LogP) is 0.800. The zero-order valence-electron chi connectivity index (χ0n) is 10.6. The number of pyridine rings is 1. The van der Waals surface area contributed by atoms with Gasteiger partial charge in [0.15, 0.2) is 0 Å². The second kappa shape index (κ2) is 5.46. The summed E-state index contributed by atoms with van der Waals surface area (Å²) in [5.41, 5.74) is 5.34. The van der Waals surface area contributed by atoms with Crippen LogP contribution in [0.25, 0.3) is 0 Å². The molecule has 2 rings (SSSR count). The molecule has 5 heteroatoms. The quantitative estimate of drug-likeness (QED) is 0.860. The maximum absolute atomic E-state index is 12.6. The van der Waals surface area contributed by atoms with Crippen LogP contribution < -0.4 is 10.6 Å². The van der Waals surface area contributed by atoms with Crippen LogP contribution in [0.3, 0.4) is 0 Å². The first kappa shape index (κ1) is 13.0. The average molecular weight is 249 g/mol. The molecule has 1 aromatic heterocycles. The summed E-state index contributed by atoms with van der Waals surface area (Å²) in [6.07, 6.45) is 3.04. The third-order valence-electron chi connectivity index (χ3n) is 3.59. The van der Waals surface area contributed by atoms with Gasteiger partial charge >= 0.3 is 0 Å². The summed E-state index contributed by atoms with van der Waals surface area (Å²) in [5, 5.41) is 0. The zero-order chi connectivity index (χ0) is 13.0.